The molecule has 0 bridgehead atoms. The van der Waals surface area contributed by atoms with Crippen LogP contribution in [-0.4, -0.2) is 61.9 Å². The summed E-state index contributed by atoms with van der Waals surface area (Å²) in [5.41, 5.74) is -0.670. The summed E-state index contributed by atoms with van der Waals surface area (Å²) in [6, 6.07) is 0. The lowest BCUT2D eigenvalue weighted by atomic mass is 9.97. The second-order valence-corrected chi connectivity index (χ2v) is 4.28. The highest BCUT2D eigenvalue weighted by atomic mass is 16.5. The molecule has 0 saturated carbocycles. The SMILES string of the molecule is CCC(O)(CC)CNCC(O)COCCOC. The molecular formula is C12H27NO4. The first-order valence-electron chi connectivity index (χ1n) is 6.25. The minimum absolute atomic E-state index is 0.285. The molecule has 0 heterocycles. The Labute approximate surface area is 104 Å². The zero-order valence-electron chi connectivity index (χ0n) is 11.2. The second-order valence-electron chi connectivity index (χ2n) is 4.28. The monoisotopic (exact) mass is 249 g/mol. The van der Waals surface area contributed by atoms with E-state index in [4.69, 9.17) is 9.47 Å². The number of methoxy groups -OCH3 is 1. The van der Waals surface area contributed by atoms with Gasteiger partial charge in [0, 0.05) is 20.2 Å². The molecule has 0 amide bonds. The smallest absolute Gasteiger partial charge is 0.0897 e. The summed E-state index contributed by atoms with van der Waals surface area (Å²) in [5.74, 6) is 0. The summed E-state index contributed by atoms with van der Waals surface area (Å²) in [5, 5.41) is 22.6. The number of ether oxygens (including phenoxy) is 2. The first-order chi connectivity index (χ1) is 8.08. The van der Waals surface area contributed by atoms with E-state index < -0.39 is 11.7 Å². The molecule has 0 aliphatic heterocycles. The molecule has 5 heteroatoms. The van der Waals surface area contributed by atoms with Gasteiger partial charge in [0.2, 0.25) is 0 Å². The van der Waals surface area contributed by atoms with Gasteiger partial charge in [0.1, 0.15) is 0 Å². The van der Waals surface area contributed by atoms with Crippen molar-refractivity contribution in [3.8, 4) is 0 Å². The van der Waals surface area contributed by atoms with E-state index in [1.807, 2.05) is 13.8 Å². The third kappa shape index (κ3) is 8.51. The average molecular weight is 249 g/mol. The Morgan fingerprint density at radius 2 is 1.88 bits per heavy atom. The van der Waals surface area contributed by atoms with Crippen LogP contribution in [-0.2, 0) is 9.47 Å². The van der Waals surface area contributed by atoms with Crippen molar-refractivity contribution in [1.82, 2.24) is 5.32 Å². The molecular weight excluding hydrogens is 222 g/mol. The van der Waals surface area contributed by atoms with Crippen LogP contribution in [0.15, 0.2) is 0 Å². The van der Waals surface area contributed by atoms with Gasteiger partial charge in [-0.2, -0.15) is 0 Å². The summed E-state index contributed by atoms with van der Waals surface area (Å²) in [6.45, 7) is 6.13. The van der Waals surface area contributed by atoms with Crippen molar-refractivity contribution in [2.75, 3.05) is 40.0 Å². The van der Waals surface area contributed by atoms with Crippen LogP contribution in [0.4, 0.5) is 0 Å². The Kier molecular flexibility index (Phi) is 9.68. The fourth-order valence-corrected chi connectivity index (χ4v) is 1.39. The normalized spacial score (nSPS) is 13.9. The van der Waals surface area contributed by atoms with E-state index in [1.165, 1.54) is 0 Å². The highest BCUT2D eigenvalue weighted by Gasteiger charge is 2.21. The van der Waals surface area contributed by atoms with E-state index in [0.29, 0.717) is 39.1 Å². The molecule has 0 aliphatic rings. The Morgan fingerprint density at radius 1 is 1.24 bits per heavy atom. The third-order valence-corrected chi connectivity index (χ3v) is 2.89. The third-order valence-electron chi connectivity index (χ3n) is 2.89. The number of aliphatic hydroxyl groups excluding tert-OH is 1. The van der Waals surface area contributed by atoms with E-state index in [1.54, 1.807) is 7.11 Å². The molecule has 0 fully saturated rings. The van der Waals surface area contributed by atoms with E-state index >= 15 is 0 Å². The minimum atomic E-state index is -0.670. The van der Waals surface area contributed by atoms with Crippen LogP contribution in [0.5, 0.6) is 0 Å². The van der Waals surface area contributed by atoms with Gasteiger partial charge in [-0.3, -0.25) is 0 Å². The van der Waals surface area contributed by atoms with Crippen molar-refractivity contribution < 1.29 is 19.7 Å². The van der Waals surface area contributed by atoms with Gasteiger partial charge in [-0.1, -0.05) is 13.8 Å². The van der Waals surface area contributed by atoms with Crippen molar-refractivity contribution in [3.05, 3.63) is 0 Å². The van der Waals surface area contributed by atoms with Crippen LogP contribution in [0.25, 0.3) is 0 Å². The Balaban J connectivity index is 3.53. The molecule has 0 rings (SSSR count). The van der Waals surface area contributed by atoms with Crippen LogP contribution < -0.4 is 5.32 Å². The number of hydrogen-bond acceptors (Lipinski definition) is 5. The quantitative estimate of drug-likeness (QED) is 0.455. The van der Waals surface area contributed by atoms with E-state index in [0.717, 1.165) is 0 Å². The first-order valence-corrected chi connectivity index (χ1v) is 6.25. The molecule has 0 aromatic rings. The molecule has 0 aliphatic carbocycles. The summed E-state index contributed by atoms with van der Waals surface area (Å²) in [4.78, 5) is 0. The van der Waals surface area contributed by atoms with Gasteiger partial charge in [-0.25, -0.2) is 0 Å². The summed E-state index contributed by atoms with van der Waals surface area (Å²) in [7, 11) is 1.61. The molecule has 5 nitrogen and oxygen atoms in total. The van der Waals surface area contributed by atoms with Crippen LogP contribution in [0, 0.1) is 0 Å². The van der Waals surface area contributed by atoms with Crippen LogP contribution in [0.3, 0.4) is 0 Å². The first kappa shape index (κ1) is 16.8. The van der Waals surface area contributed by atoms with E-state index in [9.17, 15) is 10.2 Å². The molecule has 1 unspecified atom stereocenters. The van der Waals surface area contributed by atoms with E-state index in [2.05, 4.69) is 5.32 Å². The van der Waals surface area contributed by atoms with Crippen molar-refractivity contribution in [2.24, 2.45) is 0 Å². The van der Waals surface area contributed by atoms with Gasteiger partial charge in [0.25, 0.3) is 0 Å². The van der Waals surface area contributed by atoms with Crippen molar-refractivity contribution in [1.29, 1.82) is 0 Å². The second kappa shape index (κ2) is 9.79. The predicted molar refractivity (Wildman–Crippen MR) is 67.1 cm³/mol. The number of hydrogen-bond donors (Lipinski definition) is 3. The molecule has 1 atom stereocenters. The molecule has 0 spiro atoms. The van der Waals surface area contributed by atoms with Gasteiger partial charge in [-0.15, -0.1) is 0 Å². The lowest BCUT2D eigenvalue weighted by Crippen LogP contribution is -2.42. The molecule has 104 valence electrons. The van der Waals surface area contributed by atoms with Gasteiger partial charge >= 0.3 is 0 Å². The molecule has 0 aromatic carbocycles. The van der Waals surface area contributed by atoms with Crippen LogP contribution >= 0.6 is 0 Å². The van der Waals surface area contributed by atoms with Gasteiger partial charge < -0.3 is 25.0 Å². The fourth-order valence-electron chi connectivity index (χ4n) is 1.39. The predicted octanol–water partition coefficient (Wildman–Crippen LogP) is 0.151. The van der Waals surface area contributed by atoms with Crippen LogP contribution in [0.1, 0.15) is 26.7 Å². The maximum Gasteiger partial charge on any atom is 0.0897 e. The molecule has 0 aromatic heterocycles. The number of nitrogens with one attached hydrogen (secondary N) is 1. The standard InChI is InChI=1S/C12H27NO4/c1-4-12(15,5-2)10-13-8-11(14)9-17-7-6-16-3/h11,13-15H,4-10H2,1-3H3. The zero-order chi connectivity index (χ0) is 13.1. The molecule has 0 saturated heterocycles. The Hall–Kier alpha value is -0.200. The highest BCUT2D eigenvalue weighted by Crippen LogP contribution is 2.12. The largest absolute Gasteiger partial charge is 0.389 e. The zero-order valence-corrected chi connectivity index (χ0v) is 11.2. The van der Waals surface area contributed by atoms with Crippen molar-refractivity contribution in [2.45, 2.75) is 38.4 Å². The molecule has 17 heavy (non-hydrogen) atoms. The Bertz CT molecular complexity index is 174. The number of rotatable bonds is 11. The summed E-state index contributed by atoms with van der Waals surface area (Å²) >= 11 is 0. The summed E-state index contributed by atoms with van der Waals surface area (Å²) < 4.78 is 10.0. The van der Waals surface area contributed by atoms with E-state index in [-0.39, 0.29) is 6.61 Å². The maximum atomic E-state index is 10.00. The summed E-state index contributed by atoms with van der Waals surface area (Å²) in [6.07, 6.45) is 0.859. The Morgan fingerprint density at radius 3 is 2.41 bits per heavy atom. The maximum absolute atomic E-state index is 10.00. The molecule has 0 radical (unpaired) electrons. The highest BCUT2D eigenvalue weighted by molar-refractivity contribution is 4.78. The lowest BCUT2D eigenvalue weighted by molar-refractivity contribution is 0.00504. The lowest BCUT2D eigenvalue weighted by Gasteiger charge is -2.26. The van der Waals surface area contributed by atoms with Gasteiger partial charge in [0.15, 0.2) is 0 Å². The topological polar surface area (TPSA) is 71.0 Å². The van der Waals surface area contributed by atoms with Crippen molar-refractivity contribution >= 4 is 0 Å². The van der Waals surface area contributed by atoms with Gasteiger partial charge in [-0.05, 0) is 12.8 Å². The fraction of sp³-hybridized carbons (Fsp3) is 1.00. The minimum Gasteiger partial charge on any atom is -0.389 e. The average Bonchev–Trinajstić information content (AvgIpc) is 2.34. The number of aliphatic hydroxyl groups is 2. The van der Waals surface area contributed by atoms with Crippen LogP contribution in [0.2, 0.25) is 0 Å². The van der Waals surface area contributed by atoms with Crippen molar-refractivity contribution in [3.63, 3.8) is 0 Å². The molecule has 3 N–H and O–H groups in total. The van der Waals surface area contributed by atoms with Gasteiger partial charge in [0.05, 0.1) is 31.5 Å².